The highest BCUT2D eigenvalue weighted by atomic mass is 16.6. The first-order chi connectivity index (χ1) is 4.79. The second-order valence-corrected chi connectivity index (χ2v) is 1.83. The maximum Gasteiger partial charge on any atom is 0.641 e. The van der Waals surface area contributed by atoms with E-state index in [2.05, 4.69) is 0 Å². The summed E-state index contributed by atoms with van der Waals surface area (Å²) < 4.78 is 0. The summed E-state index contributed by atoms with van der Waals surface area (Å²) >= 11 is 0. The van der Waals surface area contributed by atoms with Gasteiger partial charge < -0.3 is 11.0 Å². The van der Waals surface area contributed by atoms with E-state index in [1.54, 1.807) is 24.3 Å². The number of nitro groups is 1. The predicted octanol–water partition coefficient (Wildman–Crippen LogP) is -1.44. The third-order valence-corrected chi connectivity index (χ3v) is 1.05. The summed E-state index contributed by atoms with van der Waals surface area (Å²) in [6.07, 6.45) is 0. The predicted molar refractivity (Wildman–Crippen MR) is 46.1 cm³/mol. The monoisotopic (exact) mass is 170 g/mol. The minimum atomic E-state index is -0.463. The molecule has 0 saturated carbocycles. The number of nitrogens with zero attached hydrogens (tertiary/aromatic N) is 1. The van der Waals surface area contributed by atoms with E-state index in [4.69, 9.17) is 0 Å². The lowest BCUT2D eigenvalue weighted by molar-refractivity contribution is -0.318. The van der Waals surface area contributed by atoms with Crippen molar-refractivity contribution in [2.24, 2.45) is 0 Å². The third kappa shape index (κ3) is 4.43. The molecule has 6 heteroatoms. The van der Waals surface area contributed by atoms with Gasteiger partial charge in [-0.15, -0.1) is 0 Å². The Hall–Kier alpha value is -1.40. The van der Waals surface area contributed by atoms with Gasteiger partial charge in [0.15, 0.2) is 0 Å². The highest BCUT2D eigenvalue weighted by Crippen LogP contribution is 1.80. The van der Waals surface area contributed by atoms with Gasteiger partial charge in [-0.2, -0.15) is 0 Å². The van der Waals surface area contributed by atoms with Crippen molar-refractivity contribution in [2.45, 2.75) is 0 Å². The lowest BCUT2D eigenvalue weighted by atomic mass is 9.84. The highest BCUT2D eigenvalue weighted by molar-refractivity contribution is 6.45. The SMILES string of the molecule is O.O.O=[N+]([O-])[B]c1ccccc1. The molecular weight excluding hydrogens is 161 g/mol. The molecule has 1 aromatic rings. The normalized spacial score (nSPS) is 7.33. The number of benzene rings is 1. The molecule has 0 bridgehead atoms. The minimum Gasteiger partial charge on any atom is -0.412 e. The van der Waals surface area contributed by atoms with Crippen molar-refractivity contribution in [3.05, 3.63) is 40.4 Å². The molecule has 1 radical (unpaired) electrons. The smallest absolute Gasteiger partial charge is 0.412 e. The Morgan fingerprint density at radius 3 is 2.08 bits per heavy atom. The van der Waals surface area contributed by atoms with Gasteiger partial charge >= 0.3 is 7.41 Å². The molecule has 0 atom stereocenters. The fourth-order valence-electron chi connectivity index (χ4n) is 0.661. The van der Waals surface area contributed by atoms with Crippen LogP contribution < -0.4 is 5.46 Å². The zero-order chi connectivity index (χ0) is 7.40. The van der Waals surface area contributed by atoms with Gasteiger partial charge in [0, 0.05) is 5.46 Å². The van der Waals surface area contributed by atoms with Crippen LogP contribution in [0.2, 0.25) is 0 Å². The van der Waals surface area contributed by atoms with E-state index < -0.39 is 4.83 Å². The highest BCUT2D eigenvalue weighted by Gasteiger charge is 2.08. The van der Waals surface area contributed by atoms with Crippen LogP contribution in [-0.4, -0.2) is 23.2 Å². The summed E-state index contributed by atoms with van der Waals surface area (Å²) in [6.45, 7) is 0. The van der Waals surface area contributed by atoms with E-state index in [9.17, 15) is 10.1 Å². The first-order valence-corrected chi connectivity index (χ1v) is 2.82. The average molecular weight is 170 g/mol. The molecule has 0 fully saturated rings. The van der Waals surface area contributed by atoms with Gasteiger partial charge in [0.05, 0.1) is 0 Å². The first kappa shape index (κ1) is 13.2. The van der Waals surface area contributed by atoms with Crippen molar-refractivity contribution in [3.8, 4) is 0 Å². The van der Waals surface area contributed by atoms with Gasteiger partial charge in [-0.05, 0) is 0 Å². The first-order valence-electron chi connectivity index (χ1n) is 2.82. The Morgan fingerprint density at radius 2 is 1.67 bits per heavy atom. The number of hydrogen-bond donors (Lipinski definition) is 0. The van der Waals surface area contributed by atoms with Crippen LogP contribution >= 0.6 is 0 Å². The van der Waals surface area contributed by atoms with E-state index in [1.165, 1.54) is 0 Å². The largest absolute Gasteiger partial charge is 0.641 e. The van der Waals surface area contributed by atoms with Gasteiger partial charge in [-0.25, -0.2) is 0 Å². The van der Waals surface area contributed by atoms with Gasteiger partial charge in [0.25, 0.3) is 0 Å². The average Bonchev–Trinajstić information content (AvgIpc) is 1.88. The van der Waals surface area contributed by atoms with Crippen molar-refractivity contribution in [1.82, 2.24) is 0 Å². The molecule has 0 heterocycles. The van der Waals surface area contributed by atoms with Crippen molar-refractivity contribution in [3.63, 3.8) is 0 Å². The summed E-state index contributed by atoms with van der Waals surface area (Å²) in [5.41, 5.74) is 0.618. The Labute approximate surface area is 70.1 Å². The zero-order valence-corrected chi connectivity index (χ0v) is 6.23. The maximum atomic E-state index is 9.92. The van der Waals surface area contributed by atoms with Crippen LogP contribution in [0.5, 0.6) is 0 Å². The lowest BCUT2D eigenvalue weighted by Gasteiger charge is -1.87. The third-order valence-electron chi connectivity index (χ3n) is 1.05. The van der Waals surface area contributed by atoms with Gasteiger partial charge in [-0.3, -0.25) is 10.1 Å². The van der Waals surface area contributed by atoms with Crippen molar-refractivity contribution in [2.75, 3.05) is 0 Å². The Bertz CT molecular complexity index is 228. The van der Waals surface area contributed by atoms with Crippen LogP contribution in [0.3, 0.4) is 0 Å². The van der Waals surface area contributed by atoms with Crippen LogP contribution in [0, 0.1) is 10.1 Å². The summed E-state index contributed by atoms with van der Waals surface area (Å²) in [5.74, 6) is 0. The lowest BCUT2D eigenvalue weighted by Crippen LogP contribution is -2.21. The van der Waals surface area contributed by atoms with Gasteiger partial charge in [0.1, 0.15) is 0 Å². The topological polar surface area (TPSA) is 106 Å². The van der Waals surface area contributed by atoms with Crippen LogP contribution in [0.25, 0.3) is 0 Å². The molecule has 12 heavy (non-hydrogen) atoms. The molecule has 65 valence electrons. The second-order valence-electron chi connectivity index (χ2n) is 1.83. The summed E-state index contributed by atoms with van der Waals surface area (Å²) in [7, 11) is 0.972. The van der Waals surface area contributed by atoms with Gasteiger partial charge in [0.2, 0.25) is 0 Å². The minimum absolute atomic E-state index is 0. The van der Waals surface area contributed by atoms with Crippen LogP contribution in [-0.2, 0) is 0 Å². The molecule has 5 nitrogen and oxygen atoms in total. The standard InChI is InChI=1S/C6H5BNO2.2H2O/c9-8(10)7-6-4-2-1-3-5-6;;/h1-5H;2*1H2. The van der Waals surface area contributed by atoms with E-state index in [1.807, 2.05) is 6.07 Å². The molecule has 0 aliphatic rings. The number of hydrogen-bond acceptors (Lipinski definition) is 2. The molecule has 0 amide bonds. The van der Waals surface area contributed by atoms with E-state index in [0.29, 0.717) is 5.46 Å². The van der Waals surface area contributed by atoms with Crippen molar-refractivity contribution >= 4 is 12.9 Å². The molecule has 4 N–H and O–H groups in total. The Balaban J connectivity index is 0. The summed E-state index contributed by atoms with van der Waals surface area (Å²) in [4.78, 5) is 9.46. The molecule has 0 unspecified atom stereocenters. The zero-order valence-electron chi connectivity index (χ0n) is 6.23. The fraction of sp³-hybridized carbons (Fsp3) is 0. The molecule has 0 aliphatic heterocycles. The Kier molecular flexibility index (Phi) is 6.96. The van der Waals surface area contributed by atoms with Gasteiger partial charge in [-0.1, -0.05) is 35.2 Å². The summed E-state index contributed by atoms with van der Waals surface area (Å²) in [5, 5.41) is 9.92. The van der Waals surface area contributed by atoms with E-state index in [-0.39, 0.29) is 11.0 Å². The molecule has 1 rings (SSSR count). The van der Waals surface area contributed by atoms with Crippen LogP contribution in [0.1, 0.15) is 0 Å². The summed E-state index contributed by atoms with van der Waals surface area (Å²) in [6, 6.07) is 8.70. The molecule has 0 spiro atoms. The van der Waals surface area contributed by atoms with Crippen LogP contribution in [0.4, 0.5) is 0 Å². The number of rotatable bonds is 2. The maximum absolute atomic E-state index is 9.92. The quantitative estimate of drug-likeness (QED) is 0.307. The van der Waals surface area contributed by atoms with E-state index >= 15 is 0 Å². The second kappa shape index (κ2) is 6.32. The molecular formula is C6H9BNO4. The van der Waals surface area contributed by atoms with E-state index in [0.717, 1.165) is 7.41 Å². The molecule has 0 aromatic heterocycles. The van der Waals surface area contributed by atoms with Crippen LogP contribution in [0.15, 0.2) is 30.3 Å². The fourth-order valence-corrected chi connectivity index (χ4v) is 0.661. The molecule has 0 aliphatic carbocycles. The van der Waals surface area contributed by atoms with Crippen molar-refractivity contribution in [1.29, 1.82) is 0 Å². The Morgan fingerprint density at radius 1 is 1.17 bits per heavy atom. The van der Waals surface area contributed by atoms with Crippen molar-refractivity contribution < 1.29 is 15.8 Å². The molecule has 1 aromatic carbocycles. The molecule has 0 saturated heterocycles.